The monoisotopic (exact) mass is 538 g/mol. The van der Waals surface area contributed by atoms with Crippen LogP contribution in [0.25, 0.3) is 0 Å². The average molecular weight is 539 g/mol. The molecule has 39 heavy (non-hydrogen) atoms. The van der Waals surface area contributed by atoms with Gasteiger partial charge < -0.3 is 30.4 Å². The molecular formula is C29H32F2N4O4. The average Bonchev–Trinajstić information content (AvgIpc) is 3.07. The van der Waals surface area contributed by atoms with Crippen molar-refractivity contribution in [3.63, 3.8) is 0 Å². The van der Waals surface area contributed by atoms with Gasteiger partial charge in [0.2, 0.25) is 0 Å². The lowest BCUT2D eigenvalue weighted by Crippen LogP contribution is -2.43. The third-order valence-corrected chi connectivity index (χ3v) is 6.99. The summed E-state index contributed by atoms with van der Waals surface area (Å²) in [5.74, 6) is 0.736. The van der Waals surface area contributed by atoms with Gasteiger partial charge in [0.05, 0.1) is 11.7 Å². The Hall–Kier alpha value is -3.60. The number of hydrogen-bond donors (Lipinski definition) is 4. The maximum atomic E-state index is 13.6. The summed E-state index contributed by atoms with van der Waals surface area (Å²) in [4.78, 5) is 12.1. The second kappa shape index (κ2) is 12.1. The molecule has 2 unspecified atom stereocenters. The van der Waals surface area contributed by atoms with Crippen LogP contribution in [0.15, 0.2) is 76.4 Å². The first-order valence-corrected chi connectivity index (χ1v) is 13.2. The zero-order valence-electron chi connectivity index (χ0n) is 21.4. The summed E-state index contributed by atoms with van der Waals surface area (Å²) >= 11 is 0. The number of allylic oxidation sites excluding steroid dienone is 2. The lowest BCUT2D eigenvalue weighted by Gasteiger charge is -2.30. The zero-order chi connectivity index (χ0) is 27.4. The highest BCUT2D eigenvalue weighted by Crippen LogP contribution is 2.32. The number of aliphatic hydroxyl groups excluding tert-OH is 2. The molecular weight excluding hydrogens is 506 g/mol. The Morgan fingerprint density at radius 1 is 1.13 bits per heavy atom. The Balaban J connectivity index is 1.43. The van der Waals surface area contributed by atoms with E-state index in [0.29, 0.717) is 55.3 Å². The molecule has 0 bridgehead atoms. The predicted molar refractivity (Wildman–Crippen MR) is 145 cm³/mol. The summed E-state index contributed by atoms with van der Waals surface area (Å²) in [6.07, 6.45) is 4.38. The van der Waals surface area contributed by atoms with Crippen molar-refractivity contribution in [2.45, 2.75) is 63.3 Å². The van der Waals surface area contributed by atoms with E-state index in [0.717, 1.165) is 16.7 Å². The summed E-state index contributed by atoms with van der Waals surface area (Å²) in [6.45, 7) is 0.325. The molecule has 0 saturated carbocycles. The van der Waals surface area contributed by atoms with E-state index in [1.54, 1.807) is 29.2 Å². The third-order valence-electron chi connectivity index (χ3n) is 6.99. The van der Waals surface area contributed by atoms with Crippen molar-refractivity contribution in [2.24, 2.45) is 10.1 Å². The van der Waals surface area contributed by atoms with Crippen LogP contribution in [0.3, 0.4) is 0 Å². The van der Waals surface area contributed by atoms with Crippen molar-refractivity contribution in [3.8, 4) is 0 Å². The Bertz CT molecular complexity index is 1290. The van der Waals surface area contributed by atoms with Gasteiger partial charge in [-0.25, -0.2) is 13.8 Å². The number of halogens is 2. The maximum Gasteiger partial charge on any atom is 0.173 e. The Kier molecular flexibility index (Phi) is 8.35. The van der Waals surface area contributed by atoms with Crippen LogP contribution in [0.1, 0.15) is 43.2 Å². The molecule has 2 aromatic carbocycles. The van der Waals surface area contributed by atoms with Crippen LogP contribution in [0.4, 0.5) is 20.2 Å². The molecule has 0 spiro atoms. The largest absolute Gasteiger partial charge is 0.392 e. The fourth-order valence-corrected chi connectivity index (χ4v) is 4.94. The number of amidine groups is 2. The summed E-state index contributed by atoms with van der Waals surface area (Å²) in [7, 11) is 0. The van der Waals surface area contributed by atoms with E-state index in [-0.39, 0.29) is 24.7 Å². The number of hydrogen-bond acceptors (Lipinski definition) is 8. The van der Waals surface area contributed by atoms with E-state index in [1.807, 2.05) is 24.3 Å². The second-order valence-electron chi connectivity index (χ2n) is 9.88. The van der Waals surface area contributed by atoms with E-state index in [2.05, 4.69) is 10.5 Å². The van der Waals surface area contributed by atoms with Gasteiger partial charge in [-0.1, -0.05) is 35.5 Å². The van der Waals surface area contributed by atoms with Crippen LogP contribution in [-0.2, 0) is 11.3 Å². The molecule has 3 aliphatic rings. The highest BCUT2D eigenvalue weighted by atomic mass is 19.1. The molecule has 10 heteroatoms. The first-order chi connectivity index (χ1) is 18.9. The van der Waals surface area contributed by atoms with Crippen LogP contribution in [0.2, 0.25) is 0 Å². The molecule has 5 rings (SSSR count). The second-order valence-corrected chi connectivity index (χ2v) is 9.88. The number of anilines is 1. The van der Waals surface area contributed by atoms with E-state index in [4.69, 9.17) is 9.83 Å². The minimum atomic E-state index is -1.38. The number of nitrogens with zero attached hydrogens (tertiary/aromatic N) is 3. The van der Waals surface area contributed by atoms with E-state index >= 15 is 0 Å². The zero-order valence-corrected chi connectivity index (χ0v) is 21.4. The summed E-state index contributed by atoms with van der Waals surface area (Å²) in [5.41, 5.74) is 3.80. The van der Waals surface area contributed by atoms with Crippen LogP contribution in [0, 0.1) is 5.82 Å². The number of aliphatic imine (C=N–C) groups is 1. The molecule has 206 valence electrons. The third kappa shape index (κ3) is 6.52. The predicted octanol–water partition coefficient (Wildman–Crippen LogP) is 3.98. The molecule has 0 amide bonds. The molecule has 2 heterocycles. The number of oxime groups is 1. The van der Waals surface area contributed by atoms with Gasteiger partial charge in [-0.2, -0.15) is 0 Å². The van der Waals surface area contributed by atoms with E-state index in [1.165, 1.54) is 12.1 Å². The number of unbranched alkanes of at least 4 members (excludes halogenated alkanes) is 1. The fourth-order valence-electron chi connectivity index (χ4n) is 4.94. The van der Waals surface area contributed by atoms with Gasteiger partial charge in [-0.05, 0) is 60.7 Å². The molecule has 0 radical (unpaired) electrons. The molecule has 1 aliphatic carbocycles. The normalized spacial score (nSPS) is 22.8. The molecule has 0 aromatic heterocycles. The van der Waals surface area contributed by atoms with Gasteiger partial charge in [0.15, 0.2) is 12.1 Å². The Morgan fingerprint density at radius 2 is 1.95 bits per heavy atom. The summed E-state index contributed by atoms with van der Waals surface area (Å²) < 4.78 is 27.2. The van der Waals surface area contributed by atoms with Crippen LogP contribution >= 0.6 is 0 Å². The van der Waals surface area contributed by atoms with Crippen LogP contribution in [-0.4, -0.2) is 58.3 Å². The number of benzene rings is 2. The van der Waals surface area contributed by atoms with Gasteiger partial charge in [0.25, 0.3) is 0 Å². The van der Waals surface area contributed by atoms with Crippen molar-refractivity contribution in [3.05, 3.63) is 83.2 Å². The minimum Gasteiger partial charge on any atom is -0.392 e. The highest BCUT2D eigenvalue weighted by molar-refractivity contribution is 6.02. The molecule has 0 saturated heterocycles. The van der Waals surface area contributed by atoms with Gasteiger partial charge >= 0.3 is 0 Å². The molecule has 4 N–H and O–H groups in total. The lowest BCUT2D eigenvalue weighted by molar-refractivity contribution is -0.0464. The van der Waals surface area contributed by atoms with Crippen molar-refractivity contribution in [2.75, 3.05) is 11.5 Å². The van der Waals surface area contributed by atoms with E-state index < -0.39 is 18.7 Å². The first kappa shape index (κ1) is 27.0. The summed E-state index contributed by atoms with van der Waals surface area (Å²) in [5, 5.41) is 37.2. The van der Waals surface area contributed by atoms with Gasteiger partial charge in [-0.3, -0.25) is 0 Å². The number of fused-ring (bicyclic) bond motifs is 1. The van der Waals surface area contributed by atoms with Gasteiger partial charge in [-0.15, -0.1) is 0 Å². The van der Waals surface area contributed by atoms with Crippen LogP contribution < -0.4 is 10.2 Å². The Labute approximate surface area is 225 Å². The molecule has 3 atom stereocenters. The molecule has 2 aliphatic heterocycles. The maximum absolute atomic E-state index is 13.6. The van der Waals surface area contributed by atoms with E-state index in [9.17, 15) is 24.1 Å². The topological polar surface area (TPSA) is 110 Å². The van der Waals surface area contributed by atoms with Crippen molar-refractivity contribution >= 4 is 23.0 Å². The van der Waals surface area contributed by atoms with Gasteiger partial charge in [0.1, 0.15) is 30.7 Å². The lowest BCUT2D eigenvalue weighted by atomic mass is 9.98. The van der Waals surface area contributed by atoms with Crippen molar-refractivity contribution in [1.29, 1.82) is 0 Å². The number of rotatable bonds is 8. The van der Waals surface area contributed by atoms with Crippen molar-refractivity contribution < 1.29 is 28.9 Å². The quantitative estimate of drug-likeness (QED) is 0.299. The Morgan fingerprint density at radius 3 is 2.69 bits per heavy atom. The number of nitrogens with one attached hydrogen (secondary N) is 1. The van der Waals surface area contributed by atoms with Crippen molar-refractivity contribution in [1.82, 2.24) is 5.32 Å². The number of aliphatic hydroxyl groups is 3. The summed E-state index contributed by atoms with van der Waals surface area (Å²) in [6, 6.07) is 11.4. The minimum absolute atomic E-state index is 0.170. The highest BCUT2D eigenvalue weighted by Gasteiger charge is 2.28. The smallest absolute Gasteiger partial charge is 0.173 e. The van der Waals surface area contributed by atoms with Crippen LogP contribution in [0.5, 0.6) is 0 Å². The SMILES string of the molecule is OC(O)CCCCC1=Nc2cc(C3=NOC[C@@H](C4=CCC(F)C=C4)N3)ccc2CC(O)N1c1ccc(F)cc1. The number of alkyl halides is 1. The molecule has 0 fully saturated rings. The molecule has 8 nitrogen and oxygen atoms in total. The standard InChI is InChI=1S/C29H32F2N4O4/c30-21-9-7-18(8-10-21)25-17-39-34-29(33-25)20-6-5-19-16-27(36)35(23-13-11-22(31)12-14-23)26(32-24(19)15-20)3-1-2-4-28(37)38/h5-9,11-15,21,25,27-28,36-38H,1-4,10,16-17H2,(H,33,34)/t21?,25-,27?/m0/s1. The molecule has 2 aromatic rings. The van der Waals surface area contributed by atoms with Gasteiger partial charge in [0, 0.05) is 30.5 Å². The fraction of sp³-hybridized carbons (Fsp3) is 0.379. The first-order valence-electron chi connectivity index (χ1n) is 13.2.